The van der Waals surface area contributed by atoms with Crippen LogP contribution >= 0.6 is 0 Å². The van der Waals surface area contributed by atoms with Gasteiger partial charge < -0.3 is 15.1 Å². The Morgan fingerprint density at radius 1 is 0.897 bits per heavy atom. The Morgan fingerprint density at radius 3 is 2.21 bits per heavy atom. The van der Waals surface area contributed by atoms with Crippen LogP contribution in [0.25, 0.3) is 0 Å². The number of amides is 1. The Balaban J connectivity index is 1.51. The number of ketones is 2. The molecule has 0 unspecified atom stereocenters. The number of hydrogen-bond acceptors (Lipinski definition) is 4. The molecule has 3 N–H and O–H groups in total. The van der Waals surface area contributed by atoms with Gasteiger partial charge in [0.1, 0.15) is 6.04 Å². The smallest absolute Gasteiger partial charge is 0.282 e. The van der Waals surface area contributed by atoms with Gasteiger partial charge in [-0.1, -0.05) is 24.3 Å². The lowest BCUT2D eigenvalue weighted by atomic mass is 9.84. The van der Waals surface area contributed by atoms with Crippen molar-refractivity contribution in [1.29, 1.82) is 0 Å². The number of rotatable bonds is 5. The van der Waals surface area contributed by atoms with Crippen LogP contribution in [0.2, 0.25) is 0 Å². The summed E-state index contributed by atoms with van der Waals surface area (Å²) >= 11 is 0. The predicted octanol–water partition coefficient (Wildman–Crippen LogP) is 2.71. The van der Waals surface area contributed by atoms with E-state index in [1.54, 1.807) is 55.7 Å². The van der Waals surface area contributed by atoms with Crippen LogP contribution < -0.4 is 10.6 Å². The normalized spacial score (nSPS) is 14.7. The van der Waals surface area contributed by atoms with E-state index >= 15 is 0 Å². The van der Waals surface area contributed by atoms with E-state index < -0.39 is 0 Å². The average Bonchev–Trinajstić information content (AvgIpc) is 3.27. The molecule has 0 bridgehead atoms. The Bertz CT molecular complexity index is 1100. The topological polar surface area (TPSA) is 93.0 Å². The Hall–Kier alpha value is -3.51. The maximum Gasteiger partial charge on any atom is 0.282 e. The molecule has 29 heavy (non-hydrogen) atoms. The molecule has 0 saturated carbocycles. The second-order valence-corrected chi connectivity index (χ2v) is 7.24. The summed E-state index contributed by atoms with van der Waals surface area (Å²) in [4.78, 5) is 38.1. The summed E-state index contributed by atoms with van der Waals surface area (Å²) in [6.07, 6.45) is 1.61. The first-order valence-corrected chi connectivity index (χ1v) is 9.47. The summed E-state index contributed by atoms with van der Waals surface area (Å²) in [5, 5.41) is 4.74. The lowest BCUT2D eigenvalue weighted by Gasteiger charge is -2.19. The SMILES string of the molecule is C[C@@H]([NH2+][C@H](C)c1ccco1)C(=O)Nc1ccc2c(c1)C(=O)c1ccccc1C2=O. The van der Waals surface area contributed by atoms with Crippen molar-refractivity contribution in [2.45, 2.75) is 25.9 Å². The Morgan fingerprint density at radius 2 is 1.55 bits per heavy atom. The zero-order valence-corrected chi connectivity index (χ0v) is 16.1. The molecular formula is C23H21N2O4+. The van der Waals surface area contributed by atoms with E-state index in [4.69, 9.17) is 4.42 Å². The maximum absolute atomic E-state index is 12.8. The van der Waals surface area contributed by atoms with E-state index in [2.05, 4.69) is 5.32 Å². The number of hydrogen-bond donors (Lipinski definition) is 2. The van der Waals surface area contributed by atoms with Crippen molar-refractivity contribution in [2.75, 3.05) is 5.32 Å². The van der Waals surface area contributed by atoms with Crippen molar-refractivity contribution in [2.24, 2.45) is 0 Å². The van der Waals surface area contributed by atoms with Crippen LogP contribution in [0.4, 0.5) is 5.69 Å². The zero-order valence-electron chi connectivity index (χ0n) is 16.1. The number of carbonyl (C=O) groups excluding carboxylic acids is 3. The molecule has 1 aliphatic rings. The van der Waals surface area contributed by atoms with Gasteiger partial charge in [-0.05, 0) is 44.2 Å². The molecule has 0 spiro atoms. The molecule has 1 aliphatic carbocycles. The largest absolute Gasteiger partial charge is 0.463 e. The van der Waals surface area contributed by atoms with Gasteiger partial charge in [0.2, 0.25) is 0 Å². The van der Waals surface area contributed by atoms with Crippen LogP contribution in [0.3, 0.4) is 0 Å². The van der Waals surface area contributed by atoms with Gasteiger partial charge in [0.25, 0.3) is 5.91 Å². The van der Waals surface area contributed by atoms with Crippen molar-refractivity contribution in [3.05, 3.63) is 88.9 Å². The highest BCUT2D eigenvalue weighted by Gasteiger charge is 2.30. The monoisotopic (exact) mass is 389 g/mol. The number of quaternary nitrogens is 1. The van der Waals surface area contributed by atoms with Gasteiger partial charge in [0.05, 0.1) is 6.26 Å². The minimum atomic E-state index is -0.371. The standard InChI is InChI=1S/C23H20N2O4/c1-13(20-8-5-11-29-20)24-14(2)23(28)25-15-9-10-18-19(12-15)22(27)17-7-4-3-6-16(17)21(18)26/h3-14,24H,1-2H3,(H,25,28)/p+1/t13-,14-/m1/s1. The van der Waals surface area contributed by atoms with Gasteiger partial charge in [0, 0.05) is 27.9 Å². The molecule has 0 saturated heterocycles. The zero-order chi connectivity index (χ0) is 20.5. The van der Waals surface area contributed by atoms with Crippen LogP contribution in [0.1, 0.15) is 57.5 Å². The molecule has 146 valence electrons. The summed E-state index contributed by atoms with van der Waals surface area (Å²) in [6, 6.07) is 14.9. The fourth-order valence-electron chi connectivity index (χ4n) is 3.60. The number of anilines is 1. The lowest BCUT2D eigenvalue weighted by Crippen LogP contribution is -2.91. The highest BCUT2D eigenvalue weighted by Crippen LogP contribution is 2.29. The highest BCUT2D eigenvalue weighted by molar-refractivity contribution is 6.28. The van der Waals surface area contributed by atoms with E-state index in [9.17, 15) is 14.4 Å². The lowest BCUT2D eigenvalue weighted by molar-refractivity contribution is -0.711. The first-order chi connectivity index (χ1) is 14.0. The molecule has 1 amide bonds. The number of benzene rings is 2. The summed E-state index contributed by atoms with van der Waals surface area (Å²) in [5.74, 6) is 0.207. The van der Waals surface area contributed by atoms with Crippen LogP contribution in [-0.2, 0) is 4.79 Å². The highest BCUT2D eigenvalue weighted by atomic mass is 16.3. The molecule has 0 aliphatic heterocycles. The first-order valence-electron chi connectivity index (χ1n) is 9.47. The molecule has 2 aromatic carbocycles. The fourth-order valence-corrected chi connectivity index (χ4v) is 3.60. The molecule has 6 heteroatoms. The quantitative estimate of drug-likeness (QED) is 0.549. The van der Waals surface area contributed by atoms with Crippen LogP contribution in [-0.4, -0.2) is 23.5 Å². The maximum atomic E-state index is 12.8. The molecule has 6 nitrogen and oxygen atoms in total. The van der Waals surface area contributed by atoms with Gasteiger partial charge in [-0.2, -0.15) is 0 Å². The molecule has 1 heterocycles. The van der Waals surface area contributed by atoms with Crippen molar-refractivity contribution in [3.8, 4) is 0 Å². The molecule has 0 radical (unpaired) electrons. The van der Waals surface area contributed by atoms with E-state index in [1.807, 2.05) is 24.4 Å². The molecule has 0 fully saturated rings. The number of fused-ring (bicyclic) bond motifs is 2. The number of carbonyl (C=O) groups is 3. The summed E-state index contributed by atoms with van der Waals surface area (Å²) in [5.41, 5.74) is 1.96. The molecule has 1 aromatic heterocycles. The van der Waals surface area contributed by atoms with Crippen molar-refractivity contribution >= 4 is 23.2 Å². The molecule has 4 rings (SSSR count). The Labute approximate surface area is 167 Å². The average molecular weight is 389 g/mol. The van der Waals surface area contributed by atoms with Gasteiger partial charge in [-0.3, -0.25) is 14.4 Å². The molecular weight excluding hydrogens is 368 g/mol. The molecule has 3 aromatic rings. The van der Waals surface area contributed by atoms with Crippen LogP contribution in [0, 0.1) is 0 Å². The first kappa shape index (κ1) is 18.8. The third kappa shape index (κ3) is 3.50. The van der Waals surface area contributed by atoms with Crippen LogP contribution in [0.15, 0.2) is 65.3 Å². The minimum Gasteiger partial charge on any atom is -0.463 e. The van der Waals surface area contributed by atoms with E-state index in [1.165, 1.54) is 0 Å². The van der Waals surface area contributed by atoms with E-state index in [0.717, 1.165) is 5.76 Å². The van der Waals surface area contributed by atoms with Crippen LogP contribution in [0.5, 0.6) is 0 Å². The summed E-state index contributed by atoms with van der Waals surface area (Å²) in [7, 11) is 0. The van der Waals surface area contributed by atoms with Gasteiger partial charge in [0.15, 0.2) is 23.4 Å². The number of nitrogens with two attached hydrogens (primary N) is 1. The van der Waals surface area contributed by atoms with Gasteiger partial charge in [-0.15, -0.1) is 0 Å². The number of furan rings is 1. The second-order valence-electron chi connectivity index (χ2n) is 7.24. The predicted molar refractivity (Wildman–Crippen MR) is 107 cm³/mol. The minimum absolute atomic E-state index is 0.00927. The van der Waals surface area contributed by atoms with E-state index in [-0.39, 0.29) is 29.6 Å². The Kier molecular flexibility index (Phi) is 4.86. The van der Waals surface area contributed by atoms with E-state index in [0.29, 0.717) is 27.9 Å². The fraction of sp³-hybridized carbons (Fsp3) is 0.174. The number of nitrogens with one attached hydrogen (secondary N) is 1. The van der Waals surface area contributed by atoms with Crippen molar-refractivity contribution in [1.82, 2.24) is 0 Å². The third-order valence-electron chi connectivity index (χ3n) is 5.18. The van der Waals surface area contributed by atoms with Gasteiger partial charge in [-0.25, -0.2) is 0 Å². The summed E-state index contributed by atoms with van der Waals surface area (Å²) < 4.78 is 5.37. The van der Waals surface area contributed by atoms with Crippen molar-refractivity contribution in [3.63, 3.8) is 0 Å². The van der Waals surface area contributed by atoms with Crippen molar-refractivity contribution < 1.29 is 24.1 Å². The summed E-state index contributed by atoms with van der Waals surface area (Å²) in [6.45, 7) is 3.77. The van der Waals surface area contributed by atoms with Gasteiger partial charge >= 0.3 is 0 Å². The third-order valence-corrected chi connectivity index (χ3v) is 5.18. The second kappa shape index (κ2) is 7.48. The molecule has 2 atom stereocenters.